The van der Waals surface area contributed by atoms with Crippen molar-refractivity contribution >= 4 is 5.82 Å². The maximum absolute atomic E-state index is 4.98. The summed E-state index contributed by atoms with van der Waals surface area (Å²) in [6.45, 7) is 4.31. The van der Waals surface area contributed by atoms with E-state index in [2.05, 4.69) is 25.4 Å². The highest BCUT2D eigenvalue weighted by Crippen LogP contribution is 2.06. The van der Waals surface area contributed by atoms with Crippen molar-refractivity contribution in [2.24, 2.45) is 0 Å². The van der Waals surface area contributed by atoms with E-state index in [1.807, 2.05) is 13.0 Å². The van der Waals surface area contributed by atoms with Crippen molar-refractivity contribution < 1.29 is 4.52 Å². The van der Waals surface area contributed by atoms with Crippen LogP contribution in [-0.4, -0.2) is 20.1 Å². The van der Waals surface area contributed by atoms with Crippen LogP contribution < -0.4 is 5.32 Å². The van der Waals surface area contributed by atoms with Gasteiger partial charge in [-0.3, -0.25) is 0 Å². The molecule has 0 spiro atoms. The number of anilines is 1. The Morgan fingerprint density at radius 1 is 1.38 bits per heavy atom. The summed E-state index contributed by atoms with van der Waals surface area (Å²) in [5, 5.41) is 6.81. The minimum absolute atomic E-state index is 0.473. The van der Waals surface area contributed by atoms with Gasteiger partial charge in [0.1, 0.15) is 12.1 Å². The molecular formula is C10H13N5O. The fourth-order valence-electron chi connectivity index (χ4n) is 1.27. The highest BCUT2D eigenvalue weighted by Gasteiger charge is 2.03. The van der Waals surface area contributed by atoms with Crippen molar-refractivity contribution in [2.75, 3.05) is 5.32 Å². The molecule has 0 radical (unpaired) electrons. The maximum Gasteiger partial charge on any atom is 0.245 e. The Balaban J connectivity index is 1.99. The number of aryl methyl sites for hydroxylation is 2. The molecule has 0 saturated heterocycles. The van der Waals surface area contributed by atoms with Gasteiger partial charge in [0.2, 0.25) is 5.89 Å². The predicted molar refractivity (Wildman–Crippen MR) is 57.8 cm³/mol. The standard InChI is InChI=1S/C10H13N5O/c1-3-8-4-9(13-6-12-8)11-5-10-14-7(2)15-16-10/h4,6H,3,5H2,1-2H3,(H,11,12,13). The van der Waals surface area contributed by atoms with Crippen molar-refractivity contribution in [3.63, 3.8) is 0 Å². The summed E-state index contributed by atoms with van der Waals surface area (Å²) < 4.78 is 4.98. The molecule has 6 heteroatoms. The minimum Gasteiger partial charge on any atom is -0.361 e. The molecule has 0 aliphatic rings. The van der Waals surface area contributed by atoms with Gasteiger partial charge in [0.05, 0.1) is 6.54 Å². The molecule has 2 rings (SSSR count). The van der Waals surface area contributed by atoms with Crippen LogP contribution in [0, 0.1) is 6.92 Å². The molecule has 0 amide bonds. The van der Waals surface area contributed by atoms with Gasteiger partial charge in [-0.15, -0.1) is 0 Å². The number of nitrogens with one attached hydrogen (secondary N) is 1. The topological polar surface area (TPSA) is 76.7 Å². The third-order valence-corrected chi connectivity index (χ3v) is 2.08. The molecular weight excluding hydrogens is 206 g/mol. The van der Waals surface area contributed by atoms with E-state index in [0.717, 1.165) is 17.9 Å². The van der Waals surface area contributed by atoms with Crippen LogP contribution in [0.1, 0.15) is 24.3 Å². The number of hydrogen-bond acceptors (Lipinski definition) is 6. The second-order valence-electron chi connectivity index (χ2n) is 3.34. The molecule has 0 aliphatic heterocycles. The van der Waals surface area contributed by atoms with E-state index in [9.17, 15) is 0 Å². The van der Waals surface area contributed by atoms with Crippen LogP contribution in [0.25, 0.3) is 0 Å². The van der Waals surface area contributed by atoms with Crippen molar-refractivity contribution in [3.05, 3.63) is 29.8 Å². The van der Waals surface area contributed by atoms with Crippen LogP contribution in [0.2, 0.25) is 0 Å². The lowest BCUT2D eigenvalue weighted by molar-refractivity contribution is 0.379. The predicted octanol–water partition coefficient (Wildman–Crippen LogP) is 1.34. The van der Waals surface area contributed by atoms with Crippen LogP contribution >= 0.6 is 0 Å². The van der Waals surface area contributed by atoms with Gasteiger partial charge in [-0.25, -0.2) is 9.97 Å². The van der Waals surface area contributed by atoms with E-state index < -0.39 is 0 Å². The largest absolute Gasteiger partial charge is 0.361 e. The molecule has 6 nitrogen and oxygen atoms in total. The van der Waals surface area contributed by atoms with Crippen molar-refractivity contribution in [1.82, 2.24) is 20.1 Å². The van der Waals surface area contributed by atoms with Crippen molar-refractivity contribution in [1.29, 1.82) is 0 Å². The zero-order valence-electron chi connectivity index (χ0n) is 9.27. The van der Waals surface area contributed by atoms with Gasteiger partial charge in [-0.2, -0.15) is 4.98 Å². The first kappa shape index (κ1) is 10.5. The monoisotopic (exact) mass is 219 g/mol. The van der Waals surface area contributed by atoms with Crippen molar-refractivity contribution in [3.8, 4) is 0 Å². The Bertz CT molecular complexity index is 468. The lowest BCUT2D eigenvalue weighted by Gasteiger charge is -2.02. The Labute approximate surface area is 93.1 Å². The molecule has 0 aromatic carbocycles. The smallest absolute Gasteiger partial charge is 0.245 e. The average Bonchev–Trinajstić information content (AvgIpc) is 2.73. The van der Waals surface area contributed by atoms with Crippen LogP contribution in [0.5, 0.6) is 0 Å². The van der Waals surface area contributed by atoms with E-state index in [0.29, 0.717) is 18.3 Å². The van der Waals surface area contributed by atoms with Gasteiger partial charge in [-0.05, 0) is 13.3 Å². The summed E-state index contributed by atoms with van der Waals surface area (Å²) >= 11 is 0. The number of aromatic nitrogens is 4. The SMILES string of the molecule is CCc1cc(NCc2nc(C)no2)ncn1. The first-order chi connectivity index (χ1) is 7.78. The highest BCUT2D eigenvalue weighted by atomic mass is 16.5. The third kappa shape index (κ3) is 2.53. The summed E-state index contributed by atoms with van der Waals surface area (Å²) in [4.78, 5) is 12.3. The zero-order valence-corrected chi connectivity index (χ0v) is 9.27. The first-order valence-corrected chi connectivity index (χ1v) is 5.12. The van der Waals surface area contributed by atoms with Gasteiger partial charge in [0.25, 0.3) is 0 Å². The second-order valence-corrected chi connectivity index (χ2v) is 3.34. The molecule has 2 aromatic heterocycles. The molecule has 1 N–H and O–H groups in total. The van der Waals surface area contributed by atoms with Gasteiger partial charge in [0.15, 0.2) is 5.82 Å². The molecule has 0 bridgehead atoms. The van der Waals surface area contributed by atoms with Gasteiger partial charge >= 0.3 is 0 Å². The quantitative estimate of drug-likeness (QED) is 0.836. The molecule has 0 unspecified atom stereocenters. The van der Waals surface area contributed by atoms with Crippen LogP contribution in [0.3, 0.4) is 0 Å². The average molecular weight is 219 g/mol. The summed E-state index contributed by atoms with van der Waals surface area (Å²) in [5.41, 5.74) is 0.999. The first-order valence-electron chi connectivity index (χ1n) is 5.12. The zero-order chi connectivity index (χ0) is 11.4. The van der Waals surface area contributed by atoms with Crippen molar-refractivity contribution in [2.45, 2.75) is 26.8 Å². The van der Waals surface area contributed by atoms with E-state index in [-0.39, 0.29) is 0 Å². The van der Waals surface area contributed by atoms with Crippen LogP contribution in [-0.2, 0) is 13.0 Å². The minimum atomic E-state index is 0.473. The van der Waals surface area contributed by atoms with Crippen LogP contribution in [0.15, 0.2) is 16.9 Å². The fourth-order valence-corrected chi connectivity index (χ4v) is 1.27. The van der Waals surface area contributed by atoms with Crippen LogP contribution in [0.4, 0.5) is 5.82 Å². The van der Waals surface area contributed by atoms with E-state index in [4.69, 9.17) is 4.52 Å². The summed E-state index contributed by atoms with van der Waals surface area (Å²) in [6.07, 6.45) is 2.43. The van der Waals surface area contributed by atoms with E-state index in [1.165, 1.54) is 0 Å². The molecule has 84 valence electrons. The normalized spacial score (nSPS) is 10.4. The van der Waals surface area contributed by atoms with Gasteiger partial charge < -0.3 is 9.84 Å². The Morgan fingerprint density at radius 2 is 2.25 bits per heavy atom. The second kappa shape index (κ2) is 4.69. The fraction of sp³-hybridized carbons (Fsp3) is 0.400. The lowest BCUT2D eigenvalue weighted by atomic mass is 10.3. The molecule has 0 aliphatic carbocycles. The van der Waals surface area contributed by atoms with Gasteiger partial charge in [-0.1, -0.05) is 12.1 Å². The molecule has 2 heterocycles. The lowest BCUT2D eigenvalue weighted by Crippen LogP contribution is -2.03. The summed E-state index contributed by atoms with van der Waals surface area (Å²) in [6, 6.07) is 1.91. The number of hydrogen-bond donors (Lipinski definition) is 1. The molecule has 2 aromatic rings. The number of rotatable bonds is 4. The third-order valence-electron chi connectivity index (χ3n) is 2.08. The molecule has 0 saturated carbocycles. The molecule has 0 atom stereocenters. The molecule has 0 fully saturated rings. The Hall–Kier alpha value is -1.98. The summed E-state index contributed by atoms with van der Waals surface area (Å²) in [7, 11) is 0. The Kier molecular flexibility index (Phi) is 3.09. The highest BCUT2D eigenvalue weighted by molar-refractivity contribution is 5.34. The Morgan fingerprint density at radius 3 is 2.94 bits per heavy atom. The number of nitrogens with zero attached hydrogens (tertiary/aromatic N) is 4. The van der Waals surface area contributed by atoms with E-state index in [1.54, 1.807) is 13.3 Å². The molecule has 16 heavy (non-hydrogen) atoms. The van der Waals surface area contributed by atoms with Gasteiger partial charge in [0, 0.05) is 11.8 Å². The summed E-state index contributed by atoms with van der Waals surface area (Å²) in [5.74, 6) is 1.95. The maximum atomic E-state index is 4.98. The van der Waals surface area contributed by atoms with E-state index >= 15 is 0 Å².